The average molecular weight is 791 g/mol. The Labute approximate surface area is 359 Å². The molecule has 2 aromatic heterocycles. The highest BCUT2D eigenvalue weighted by Gasteiger charge is 2.44. The summed E-state index contributed by atoms with van der Waals surface area (Å²) in [6.45, 7) is 0. The van der Waals surface area contributed by atoms with Gasteiger partial charge in [0.25, 0.3) is 0 Å². The van der Waals surface area contributed by atoms with Crippen LogP contribution in [0.2, 0.25) is 0 Å². The number of para-hydroxylation sites is 4. The van der Waals surface area contributed by atoms with Gasteiger partial charge in [0.05, 0.1) is 28.3 Å². The Bertz CT molecular complexity index is 3600. The monoisotopic (exact) mass is 790 g/mol. The summed E-state index contributed by atoms with van der Waals surface area (Å²) in [5.74, 6) is 0.750. The molecule has 0 saturated carbocycles. The van der Waals surface area contributed by atoms with Gasteiger partial charge in [0, 0.05) is 39.0 Å². The van der Waals surface area contributed by atoms with Crippen LogP contribution in [0.15, 0.2) is 218 Å². The topological polar surface area (TPSA) is 34.0 Å². The lowest BCUT2D eigenvalue weighted by Crippen LogP contribution is -2.26. The number of benzene rings is 9. The van der Waals surface area contributed by atoms with Gasteiger partial charge in [-0.3, -0.25) is 0 Å². The Morgan fingerprint density at radius 1 is 0.419 bits per heavy atom. The molecule has 4 heteroatoms. The molecule has 4 nitrogen and oxygen atoms in total. The van der Waals surface area contributed by atoms with Crippen LogP contribution in [0.1, 0.15) is 34.2 Å². The van der Waals surface area contributed by atoms with E-state index in [1.165, 1.54) is 66.0 Å². The molecule has 0 fully saturated rings. The third-order valence-corrected chi connectivity index (χ3v) is 13.1. The summed E-state index contributed by atoms with van der Waals surface area (Å²) in [6, 6.07) is 76.6. The molecule has 2 aliphatic rings. The lowest BCUT2D eigenvalue weighted by molar-refractivity contribution is 0.654. The maximum absolute atomic E-state index is 5.55. The smallest absolute Gasteiger partial charge is 0.231 e. The molecular weight excluding hydrogens is 753 g/mol. The molecule has 62 heavy (non-hydrogen) atoms. The van der Waals surface area contributed by atoms with Crippen molar-refractivity contribution in [3.63, 3.8) is 0 Å². The number of hydrogen-bond donors (Lipinski definition) is 0. The van der Waals surface area contributed by atoms with Gasteiger partial charge in [-0.05, 0) is 92.2 Å². The van der Waals surface area contributed by atoms with Crippen molar-refractivity contribution in [2.75, 3.05) is 4.90 Å². The lowest BCUT2D eigenvalue weighted by Gasteiger charge is -2.34. The van der Waals surface area contributed by atoms with Crippen molar-refractivity contribution in [2.24, 2.45) is 0 Å². The summed E-state index contributed by atoms with van der Waals surface area (Å²) in [7, 11) is 0. The van der Waals surface area contributed by atoms with E-state index in [9.17, 15) is 0 Å². The van der Waals surface area contributed by atoms with Crippen LogP contribution in [0.25, 0.3) is 77.1 Å². The molecule has 290 valence electrons. The largest absolute Gasteiger partial charge is 0.309 e. The summed E-state index contributed by atoms with van der Waals surface area (Å²) in [6.07, 6.45) is 2.54. The van der Waals surface area contributed by atoms with Crippen LogP contribution in [0, 0.1) is 0 Å². The molecule has 2 atom stereocenters. The minimum Gasteiger partial charge on any atom is -0.309 e. The van der Waals surface area contributed by atoms with E-state index < -0.39 is 0 Å². The third-order valence-electron chi connectivity index (χ3n) is 13.1. The van der Waals surface area contributed by atoms with Crippen LogP contribution in [-0.4, -0.2) is 14.5 Å². The Kier molecular flexibility index (Phi) is 7.70. The normalized spacial score (nSPS) is 15.5. The highest BCUT2D eigenvalue weighted by atomic mass is 15.3. The van der Waals surface area contributed by atoms with Gasteiger partial charge < -0.3 is 9.47 Å². The second kappa shape index (κ2) is 13.7. The molecule has 1 aliphatic carbocycles. The quantitative estimate of drug-likeness (QED) is 0.174. The van der Waals surface area contributed by atoms with Crippen molar-refractivity contribution >= 4 is 60.7 Å². The van der Waals surface area contributed by atoms with Gasteiger partial charge in [-0.15, -0.1) is 0 Å². The number of rotatable bonds is 5. The summed E-state index contributed by atoms with van der Waals surface area (Å²) in [5, 5.41) is 6.08. The first kappa shape index (κ1) is 34.8. The van der Waals surface area contributed by atoms with Crippen molar-refractivity contribution in [2.45, 2.75) is 12.0 Å². The van der Waals surface area contributed by atoms with Crippen molar-refractivity contribution < 1.29 is 0 Å². The molecule has 0 saturated heterocycles. The second-order valence-corrected chi connectivity index (χ2v) is 16.5. The van der Waals surface area contributed by atoms with Gasteiger partial charge in [-0.25, -0.2) is 9.97 Å². The Morgan fingerprint density at radius 3 is 1.92 bits per heavy atom. The van der Waals surface area contributed by atoms with Crippen LogP contribution in [0.4, 0.5) is 11.6 Å². The van der Waals surface area contributed by atoms with Crippen molar-refractivity contribution in [1.82, 2.24) is 14.5 Å². The van der Waals surface area contributed by atoms with E-state index in [1.807, 2.05) is 0 Å². The van der Waals surface area contributed by atoms with Crippen LogP contribution in [0.5, 0.6) is 0 Å². The number of fused-ring (bicyclic) bond motifs is 11. The van der Waals surface area contributed by atoms with Crippen molar-refractivity contribution in [3.8, 4) is 28.1 Å². The molecule has 11 aromatic rings. The predicted octanol–water partition coefficient (Wildman–Crippen LogP) is 14.6. The molecule has 0 amide bonds. The average Bonchev–Trinajstić information content (AvgIpc) is 3.87. The van der Waals surface area contributed by atoms with Crippen LogP contribution in [-0.2, 0) is 0 Å². The number of aromatic nitrogens is 3. The Hall–Kier alpha value is -8.08. The van der Waals surface area contributed by atoms with E-state index >= 15 is 0 Å². The summed E-state index contributed by atoms with van der Waals surface area (Å²) < 4.78 is 2.44. The highest BCUT2D eigenvalue weighted by Crippen LogP contribution is 2.58. The fourth-order valence-corrected chi connectivity index (χ4v) is 10.5. The van der Waals surface area contributed by atoms with Gasteiger partial charge in [-0.1, -0.05) is 176 Å². The van der Waals surface area contributed by atoms with Gasteiger partial charge >= 0.3 is 0 Å². The van der Waals surface area contributed by atoms with E-state index in [-0.39, 0.29) is 12.0 Å². The first-order chi connectivity index (χ1) is 30.8. The van der Waals surface area contributed by atoms with Crippen molar-refractivity contribution in [3.05, 3.63) is 241 Å². The maximum atomic E-state index is 5.55. The summed E-state index contributed by atoms with van der Waals surface area (Å²) in [5.41, 5.74) is 16.2. The fraction of sp³-hybridized carbons (Fsp3) is 0.0345. The van der Waals surface area contributed by atoms with Crippen LogP contribution >= 0.6 is 0 Å². The standard InChI is InChI=1S/C58H38N4/c1-3-18-37(19-4-1)38-20-17-21-39(34-38)56-46-29-11-14-31-51(46)59-58(60-56)62-52-32-15-12-26-43(52)50-35-48(42-25-8-10-28-45(42)57(50)62)49-36-54-55(44-27-9-7-24-41(44)49)47-30-13-16-33-53(47)61(54)40-22-5-2-6-23-40/h1-36,50,57H. The molecule has 2 unspecified atom stereocenters. The van der Waals surface area contributed by atoms with Crippen LogP contribution < -0.4 is 4.90 Å². The zero-order chi connectivity index (χ0) is 40.7. The SMILES string of the molecule is C1=C(c2cc3c(c4ccccc24)c2ccccc2n3-c2ccccc2)c2ccccc2C2C1c1ccccc1N2c1nc(-c2cccc(-c3ccccc3)c2)c2ccccc2n1. The minimum absolute atomic E-state index is 0.0467. The fourth-order valence-electron chi connectivity index (χ4n) is 10.5. The zero-order valence-electron chi connectivity index (χ0n) is 33.7. The predicted molar refractivity (Wildman–Crippen MR) is 256 cm³/mol. The first-order valence-corrected chi connectivity index (χ1v) is 21.4. The van der Waals surface area contributed by atoms with Crippen molar-refractivity contribution in [1.29, 1.82) is 0 Å². The summed E-state index contributed by atoms with van der Waals surface area (Å²) in [4.78, 5) is 13.4. The first-order valence-electron chi connectivity index (χ1n) is 21.4. The molecule has 0 N–H and O–H groups in total. The number of hydrogen-bond acceptors (Lipinski definition) is 3. The number of anilines is 2. The Morgan fingerprint density at radius 2 is 1.06 bits per heavy atom. The zero-order valence-corrected chi connectivity index (χ0v) is 33.7. The molecular formula is C58H38N4. The maximum Gasteiger partial charge on any atom is 0.231 e. The minimum atomic E-state index is -0.0530. The summed E-state index contributed by atoms with van der Waals surface area (Å²) >= 11 is 0. The van der Waals surface area contributed by atoms with Gasteiger partial charge in [0.2, 0.25) is 5.95 Å². The van der Waals surface area contributed by atoms with E-state index in [0.29, 0.717) is 5.95 Å². The van der Waals surface area contributed by atoms with E-state index in [1.54, 1.807) is 0 Å². The van der Waals surface area contributed by atoms with E-state index in [2.05, 4.69) is 228 Å². The highest BCUT2D eigenvalue weighted by molar-refractivity contribution is 6.23. The van der Waals surface area contributed by atoms with E-state index in [4.69, 9.17) is 9.97 Å². The molecule has 0 bridgehead atoms. The molecule has 13 rings (SSSR count). The molecule has 3 heterocycles. The van der Waals surface area contributed by atoms with Gasteiger partial charge in [-0.2, -0.15) is 0 Å². The lowest BCUT2D eigenvalue weighted by atomic mass is 9.76. The molecule has 9 aromatic carbocycles. The molecule has 0 radical (unpaired) electrons. The third kappa shape index (κ3) is 5.20. The molecule has 0 spiro atoms. The number of nitrogens with zero attached hydrogens (tertiary/aromatic N) is 4. The Balaban J connectivity index is 1.03. The van der Waals surface area contributed by atoms with Crippen LogP contribution in [0.3, 0.4) is 0 Å². The molecule has 1 aliphatic heterocycles. The van der Waals surface area contributed by atoms with Gasteiger partial charge in [0.1, 0.15) is 0 Å². The van der Waals surface area contributed by atoms with Gasteiger partial charge in [0.15, 0.2) is 0 Å². The van der Waals surface area contributed by atoms with E-state index in [0.717, 1.165) is 39.1 Å². The second-order valence-electron chi connectivity index (χ2n) is 16.5.